The first kappa shape index (κ1) is 22.5. The van der Waals surface area contributed by atoms with Crippen LogP contribution in [0.4, 0.5) is 26.3 Å². The van der Waals surface area contributed by atoms with E-state index in [0.29, 0.717) is 11.6 Å². The van der Waals surface area contributed by atoms with Crippen molar-refractivity contribution in [1.82, 2.24) is 0 Å². The molecule has 1 nitrogen and oxygen atoms in total. The maximum absolute atomic E-state index is 13.5. The van der Waals surface area contributed by atoms with Gasteiger partial charge in [-0.3, -0.25) is 0 Å². The van der Waals surface area contributed by atoms with Gasteiger partial charge in [-0.25, -0.2) is 17.6 Å². The van der Waals surface area contributed by atoms with Crippen molar-refractivity contribution in [2.45, 2.75) is 25.3 Å². The third-order valence-electron chi connectivity index (χ3n) is 4.11. The van der Waals surface area contributed by atoms with Crippen molar-refractivity contribution in [3.63, 3.8) is 0 Å². The van der Waals surface area contributed by atoms with Gasteiger partial charge in [-0.2, -0.15) is 8.78 Å². The topological polar surface area (TPSA) is 26.0 Å². The van der Waals surface area contributed by atoms with E-state index in [1.807, 2.05) is 18.2 Å². The van der Waals surface area contributed by atoms with Gasteiger partial charge in [0, 0.05) is 5.56 Å². The van der Waals surface area contributed by atoms with E-state index < -0.39 is 35.6 Å². The van der Waals surface area contributed by atoms with Crippen LogP contribution in [0.25, 0.3) is 0 Å². The van der Waals surface area contributed by atoms with Gasteiger partial charge in [-0.1, -0.05) is 48.0 Å². The summed E-state index contributed by atoms with van der Waals surface area (Å²) in [5.74, 6) is -6.12. The molecule has 0 amide bonds. The number of hydrogen-bond donors (Lipinski definition) is 1. The minimum atomic E-state index is -4.49. The zero-order valence-corrected chi connectivity index (χ0v) is 15.4. The van der Waals surface area contributed by atoms with Crippen LogP contribution in [0.5, 0.6) is 0 Å². The van der Waals surface area contributed by atoms with E-state index >= 15 is 0 Å². The molecule has 1 unspecified atom stereocenters. The molecule has 0 aromatic heterocycles. The van der Waals surface area contributed by atoms with Crippen molar-refractivity contribution >= 4 is 0 Å². The lowest BCUT2D eigenvalue weighted by atomic mass is 9.96. The first-order valence-corrected chi connectivity index (χ1v) is 8.61. The second-order valence-corrected chi connectivity index (χ2v) is 6.38. The summed E-state index contributed by atoms with van der Waals surface area (Å²) in [6, 6.07) is 16.0. The lowest BCUT2D eigenvalue weighted by Gasteiger charge is -2.19. The Hall–Kier alpha value is -2.80. The molecule has 1 atom stereocenters. The Balaban J connectivity index is 0.000000360. The molecular weight excluding hydrogens is 392 g/mol. The van der Waals surface area contributed by atoms with Gasteiger partial charge in [0.25, 0.3) is 0 Å². The Bertz CT molecular complexity index is 910. The Kier molecular flexibility index (Phi) is 7.45. The van der Waals surface area contributed by atoms with Crippen LogP contribution >= 0.6 is 0 Å². The highest BCUT2D eigenvalue weighted by molar-refractivity contribution is 5.36. The van der Waals surface area contributed by atoms with Crippen LogP contribution in [0.2, 0.25) is 0 Å². The van der Waals surface area contributed by atoms with E-state index in [1.54, 1.807) is 0 Å². The zero-order valence-electron chi connectivity index (χ0n) is 15.4. The average molecular weight is 411 g/mol. The normalized spacial score (nSPS) is 12.3. The molecule has 0 fully saturated rings. The quantitative estimate of drug-likeness (QED) is 0.497. The average Bonchev–Trinajstić information content (AvgIpc) is 2.68. The van der Waals surface area contributed by atoms with Crippen molar-refractivity contribution in [3.8, 4) is 0 Å². The predicted octanol–water partition coefficient (Wildman–Crippen LogP) is 6.36. The van der Waals surface area contributed by atoms with Gasteiger partial charge >= 0.3 is 12.3 Å². The van der Waals surface area contributed by atoms with Gasteiger partial charge in [-0.15, -0.1) is 0 Å². The summed E-state index contributed by atoms with van der Waals surface area (Å²) in [6.45, 7) is 2.08. The zero-order chi connectivity index (χ0) is 21.6. The number of aryl methyl sites for hydroxylation is 1. The van der Waals surface area contributed by atoms with E-state index in [0.717, 1.165) is 24.3 Å². The first-order chi connectivity index (χ1) is 13.6. The Morgan fingerprint density at radius 3 is 1.83 bits per heavy atom. The van der Waals surface area contributed by atoms with Crippen LogP contribution < -0.4 is 5.73 Å². The van der Waals surface area contributed by atoms with E-state index in [4.69, 9.17) is 5.73 Å². The van der Waals surface area contributed by atoms with Crippen LogP contribution in [-0.2, 0) is 5.92 Å². The molecule has 3 aromatic rings. The molecule has 29 heavy (non-hydrogen) atoms. The Morgan fingerprint density at radius 2 is 1.34 bits per heavy atom. The number of nitrogens with two attached hydrogens (primary N) is 1. The summed E-state index contributed by atoms with van der Waals surface area (Å²) in [4.78, 5) is 0. The van der Waals surface area contributed by atoms with Gasteiger partial charge in [0.1, 0.15) is 11.6 Å². The molecule has 7 heteroatoms. The lowest BCUT2D eigenvalue weighted by molar-refractivity contribution is -0.135. The van der Waals surface area contributed by atoms with E-state index in [1.165, 1.54) is 17.7 Å². The molecule has 154 valence electrons. The van der Waals surface area contributed by atoms with Crippen LogP contribution in [0.15, 0.2) is 72.8 Å². The third-order valence-corrected chi connectivity index (χ3v) is 4.11. The minimum absolute atomic E-state index is 0.109. The van der Waals surface area contributed by atoms with Crippen molar-refractivity contribution in [2.75, 3.05) is 0 Å². The number of benzene rings is 3. The Labute approximate surface area is 164 Å². The lowest BCUT2D eigenvalue weighted by Crippen LogP contribution is -2.24. The van der Waals surface area contributed by atoms with E-state index in [9.17, 15) is 26.3 Å². The standard InChI is InChI=1S/C15H11F6N.C7H8/c16-11-3-1-8(2-4-11)13(22)9-5-10(7-12(17)6-9)15(20,21)14(18)19;1-7-5-3-2-4-6-7/h1-7,13-14H,22H2;2-6H,1H3. The number of halogens is 6. The van der Waals surface area contributed by atoms with Crippen molar-refractivity contribution in [1.29, 1.82) is 0 Å². The molecule has 0 aliphatic rings. The molecule has 0 heterocycles. The number of hydrogen-bond acceptors (Lipinski definition) is 1. The van der Waals surface area contributed by atoms with Crippen LogP contribution in [0, 0.1) is 18.6 Å². The van der Waals surface area contributed by atoms with Crippen LogP contribution in [-0.4, -0.2) is 6.43 Å². The fourth-order valence-corrected chi connectivity index (χ4v) is 2.51. The maximum Gasteiger partial charge on any atom is 0.332 e. The molecule has 3 rings (SSSR count). The predicted molar refractivity (Wildman–Crippen MR) is 99.9 cm³/mol. The molecule has 0 aliphatic carbocycles. The van der Waals surface area contributed by atoms with Gasteiger partial charge in [0.2, 0.25) is 0 Å². The number of alkyl halides is 4. The summed E-state index contributed by atoms with van der Waals surface area (Å²) < 4.78 is 77.8. The van der Waals surface area contributed by atoms with Crippen LogP contribution in [0.1, 0.15) is 28.3 Å². The third kappa shape index (κ3) is 6.09. The number of rotatable bonds is 4. The van der Waals surface area contributed by atoms with E-state index in [2.05, 4.69) is 19.1 Å². The van der Waals surface area contributed by atoms with E-state index in [-0.39, 0.29) is 5.56 Å². The van der Waals surface area contributed by atoms with Gasteiger partial charge in [0.05, 0.1) is 6.04 Å². The molecule has 0 aliphatic heterocycles. The van der Waals surface area contributed by atoms with Crippen LogP contribution in [0.3, 0.4) is 0 Å². The highest BCUT2D eigenvalue weighted by Gasteiger charge is 2.43. The molecule has 3 aromatic carbocycles. The molecule has 0 bridgehead atoms. The second-order valence-electron chi connectivity index (χ2n) is 6.38. The monoisotopic (exact) mass is 411 g/mol. The highest BCUT2D eigenvalue weighted by Crippen LogP contribution is 2.36. The molecule has 0 radical (unpaired) electrons. The largest absolute Gasteiger partial charge is 0.332 e. The summed E-state index contributed by atoms with van der Waals surface area (Å²) in [5.41, 5.74) is 6.19. The first-order valence-electron chi connectivity index (χ1n) is 8.61. The van der Waals surface area contributed by atoms with Gasteiger partial charge < -0.3 is 5.73 Å². The minimum Gasteiger partial charge on any atom is -0.320 e. The summed E-state index contributed by atoms with van der Waals surface area (Å²) in [5, 5.41) is 0. The SMILES string of the molecule is Cc1ccccc1.NC(c1ccc(F)cc1)c1cc(F)cc(C(F)(F)C(F)F)c1. The fraction of sp³-hybridized carbons (Fsp3) is 0.182. The highest BCUT2D eigenvalue weighted by atomic mass is 19.3. The smallest absolute Gasteiger partial charge is 0.320 e. The fourth-order valence-electron chi connectivity index (χ4n) is 2.51. The summed E-state index contributed by atoms with van der Waals surface area (Å²) >= 11 is 0. The summed E-state index contributed by atoms with van der Waals surface area (Å²) in [6.07, 6.45) is -3.97. The molecule has 0 saturated heterocycles. The Morgan fingerprint density at radius 1 is 0.759 bits per heavy atom. The van der Waals surface area contributed by atoms with Gasteiger partial charge in [0.15, 0.2) is 0 Å². The molecule has 0 spiro atoms. The second kappa shape index (κ2) is 9.60. The van der Waals surface area contributed by atoms with Crippen molar-refractivity contribution in [2.24, 2.45) is 5.73 Å². The molecule has 2 N–H and O–H groups in total. The summed E-state index contributed by atoms with van der Waals surface area (Å²) in [7, 11) is 0. The van der Waals surface area contributed by atoms with Gasteiger partial charge in [-0.05, 0) is 48.4 Å². The van der Waals surface area contributed by atoms with Crippen molar-refractivity contribution < 1.29 is 26.3 Å². The molecular formula is C22H19F6N. The van der Waals surface area contributed by atoms with Crippen molar-refractivity contribution in [3.05, 3.63) is 107 Å². The molecule has 0 saturated carbocycles. The maximum atomic E-state index is 13.5.